The van der Waals surface area contributed by atoms with Crippen LogP contribution >= 0.6 is 0 Å². The Morgan fingerprint density at radius 1 is 1.00 bits per heavy atom. The van der Waals surface area contributed by atoms with Gasteiger partial charge in [0.05, 0.1) is 18.3 Å². The summed E-state index contributed by atoms with van der Waals surface area (Å²) < 4.78 is 5.57. The highest BCUT2D eigenvalue weighted by atomic mass is 16.5. The topological polar surface area (TPSA) is 70.8 Å². The molecule has 2 fully saturated rings. The fourth-order valence-corrected chi connectivity index (χ4v) is 4.81. The summed E-state index contributed by atoms with van der Waals surface area (Å²) in [5.41, 5.74) is 2.67. The van der Waals surface area contributed by atoms with Gasteiger partial charge in [0.15, 0.2) is 5.82 Å². The Morgan fingerprint density at radius 2 is 1.88 bits per heavy atom. The van der Waals surface area contributed by atoms with Gasteiger partial charge in [0.2, 0.25) is 5.89 Å². The Hall–Kier alpha value is -1.69. The molecular formula is C19H27N5O. The Bertz CT molecular complexity index is 707. The maximum atomic E-state index is 5.57. The van der Waals surface area contributed by atoms with Gasteiger partial charge in [-0.05, 0) is 57.9 Å². The van der Waals surface area contributed by atoms with Crippen molar-refractivity contribution in [1.82, 2.24) is 25.0 Å². The number of nitrogens with one attached hydrogen (secondary N) is 1. The molecule has 6 nitrogen and oxygen atoms in total. The second kappa shape index (κ2) is 6.56. The highest BCUT2D eigenvalue weighted by Crippen LogP contribution is 2.35. The highest BCUT2D eigenvalue weighted by Gasteiger charge is 2.31. The minimum absolute atomic E-state index is 0.368. The molecule has 134 valence electrons. The summed E-state index contributed by atoms with van der Waals surface area (Å²) >= 11 is 0. The van der Waals surface area contributed by atoms with Crippen LogP contribution in [-0.4, -0.2) is 31.6 Å². The maximum absolute atomic E-state index is 5.57. The van der Waals surface area contributed by atoms with Gasteiger partial charge in [0.1, 0.15) is 5.82 Å². The first-order valence-electron chi connectivity index (χ1n) is 10.0. The molecule has 25 heavy (non-hydrogen) atoms. The lowest BCUT2D eigenvalue weighted by Crippen LogP contribution is -2.23. The van der Waals surface area contributed by atoms with E-state index in [1.54, 1.807) is 0 Å². The van der Waals surface area contributed by atoms with Crippen molar-refractivity contribution < 1.29 is 4.52 Å². The molecule has 0 spiro atoms. The fourth-order valence-electron chi connectivity index (χ4n) is 4.81. The molecule has 6 heteroatoms. The molecule has 1 atom stereocenters. The van der Waals surface area contributed by atoms with Crippen molar-refractivity contribution >= 4 is 0 Å². The van der Waals surface area contributed by atoms with E-state index in [4.69, 9.17) is 14.5 Å². The highest BCUT2D eigenvalue weighted by molar-refractivity contribution is 5.19. The van der Waals surface area contributed by atoms with Crippen LogP contribution in [0.5, 0.6) is 0 Å². The van der Waals surface area contributed by atoms with E-state index >= 15 is 0 Å². The van der Waals surface area contributed by atoms with Crippen LogP contribution < -0.4 is 0 Å². The molecule has 1 N–H and O–H groups in total. The van der Waals surface area contributed by atoms with Gasteiger partial charge >= 0.3 is 0 Å². The molecule has 5 rings (SSSR count). The number of aromatic nitrogens is 4. The van der Waals surface area contributed by atoms with Crippen LogP contribution in [0.1, 0.15) is 92.3 Å². The van der Waals surface area contributed by atoms with Crippen molar-refractivity contribution in [3.63, 3.8) is 0 Å². The minimum atomic E-state index is 0.368. The lowest BCUT2D eigenvalue weighted by molar-refractivity contribution is 0.206. The van der Waals surface area contributed by atoms with Crippen LogP contribution in [-0.2, 0) is 19.4 Å². The zero-order valence-electron chi connectivity index (χ0n) is 14.8. The SMILES string of the molecule is C1CCc2[nH]c(C3CCCN3Cc3nc(C4CCCC4)no3)nc2C1. The molecule has 1 aliphatic heterocycles. The Balaban J connectivity index is 1.30. The van der Waals surface area contributed by atoms with Gasteiger partial charge in [-0.3, -0.25) is 4.90 Å². The van der Waals surface area contributed by atoms with Crippen molar-refractivity contribution in [2.45, 2.75) is 82.7 Å². The number of H-pyrrole nitrogens is 1. The predicted octanol–water partition coefficient (Wildman–Crippen LogP) is 3.67. The van der Waals surface area contributed by atoms with Crippen molar-refractivity contribution in [1.29, 1.82) is 0 Å². The molecule has 0 bridgehead atoms. The second-order valence-electron chi connectivity index (χ2n) is 7.91. The van der Waals surface area contributed by atoms with Gasteiger partial charge in [-0.25, -0.2) is 4.98 Å². The molecule has 3 heterocycles. The Labute approximate surface area is 148 Å². The van der Waals surface area contributed by atoms with Gasteiger partial charge < -0.3 is 9.51 Å². The Kier molecular flexibility index (Phi) is 4.08. The van der Waals surface area contributed by atoms with Gasteiger partial charge in [-0.1, -0.05) is 18.0 Å². The van der Waals surface area contributed by atoms with E-state index in [9.17, 15) is 0 Å². The molecule has 0 aromatic carbocycles. The van der Waals surface area contributed by atoms with Crippen molar-refractivity contribution in [2.24, 2.45) is 0 Å². The molecule has 0 radical (unpaired) electrons. The summed E-state index contributed by atoms with van der Waals surface area (Å²) in [5.74, 6) is 3.37. The monoisotopic (exact) mass is 341 g/mol. The number of hydrogen-bond acceptors (Lipinski definition) is 5. The number of likely N-dealkylation sites (tertiary alicyclic amines) is 1. The van der Waals surface area contributed by atoms with E-state index < -0.39 is 0 Å². The first-order valence-corrected chi connectivity index (χ1v) is 10.0. The number of rotatable bonds is 4. The largest absolute Gasteiger partial charge is 0.344 e. The molecular weight excluding hydrogens is 314 g/mol. The third-order valence-corrected chi connectivity index (χ3v) is 6.19. The van der Waals surface area contributed by atoms with Crippen LogP contribution in [0.3, 0.4) is 0 Å². The van der Waals surface area contributed by atoms with Gasteiger partial charge in [-0.15, -0.1) is 0 Å². The fraction of sp³-hybridized carbons (Fsp3) is 0.737. The van der Waals surface area contributed by atoms with Crippen LogP contribution in [0, 0.1) is 0 Å². The van der Waals surface area contributed by atoms with Crippen LogP contribution in [0.15, 0.2) is 4.52 Å². The molecule has 1 unspecified atom stereocenters. The first-order chi connectivity index (χ1) is 12.4. The van der Waals surface area contributed by atoms with Crippen molar-refractivity contribution in [3.8, 4) is 0 Å². The lowest BCUT2D eigenvalue weighted by Gasteiger charge is -2.20. The average Bonchev–Trinajstić information content (AvgIpc) is 3.41. The van der Waals surface area contributed by atoms with E-state index in [1.165, 1.54) is 56.3 Å². The lowest BCUT2D eigenvalue weighted by atomic mass is 10.0. The number of hydrogen-bond donors (Lipinski definition) is 1. The molecule has 2 aromatic heterocycles. The normalized spacial score (nSPS) is 24.9. The minimum Gasteiger partial charge on any atom is -0.344 e. The number of fused-ring (bicyclic) bond motifs is 1. The average molecular weight is 341 g/mol. The second-order valence-corrected chi connectivity index (χ2v) is 7.91. The Morgan fingerprint density at radius 3 is 2.76 bits per heavy atom. The van der Waals surface area contributed by atoms with Crippen LogP contribution in [0.4, 0.5) is 0 Å². The molecule has 1 saturated heterocycles. The van der Waals surface area contributed by atoms with Gasteiger partial charge in [0.25, 0.3) is 0 Å². The molecule has 1 saturated carbocycles. The van der Waals surface area contributed by atoms with Crippen LogP contribution in [0.25, 0.3) is 0 Å². The predicted molar refractivity (Wildman–Crippen MR) is 93.1 cm³/mol. The third kappa shape index (κ3) is 3.01. The molecule has 0 amide bonds. The molecule has 3 aliphatic rings. The smallest absolute Gasteiger partial charge is 0.240 e. The van der Waals surface area contributed by atoms with E-state index in [1.807, 2.05) is 0 Å². The summed E-state index contributed by atoms with van der Waals surface area (Å²) in [6.07, 6.45) is 12.2. The summed E-state index contributed by atoms with van der Waals surface area (Å²) in [7, 11) is 0. The standard InChI is InChI=1S/C19H27N5O/c1-2-7-13(6-1)18-22-17(25-23-18)12-24-11-5-10-16(24)19-20-14-8-3-4-9-15(14)21-19/h13,16H,1-12H2,(H,20,21). The van der Waals surface area contributed by atoms with E-state index in [0.29, 0.717) is 12.0 Å². The maximum Gasteiger partial charge on any atom is 0.240 e. The molecule has 2 aliphatic carbocycles. The molecule has 2 aromatic rings. The van der Waals surface area contributed by atoms with Crippen LogP contribution in [0.2, 0.25) is 0 Å². The summed E-state index contributed by atoms with van der Waals surface area (Å²) in [5, 5.41) is 4.25. The van der Waals surface area contributed by atoms with Gasteiger partial charge in [-0.2, -0.15) is 4.98 Å². The van der Waals surface area contributed by atoms with Gasteiger partial charge in [0, 0.05) is 11.6 Å². The quantitative estimate of drug-likeness (QED) is 0.919. The zero-order chi connectivity index (χ0) is 16.6. The zero-order valence-corrected chi connectivity index (χ0v) is 14.8. The summed E-state index contributed by atoms with van der Waals surface area (Å²) in [4.78, 5) is 15.7. The summed E-state index contributed by atoms with van der Waals surface area (Å²) in [6, 6.07) is 0.368. The number of nitrogens with zero attached hydrogens (tertiary/aromatic N) is 4. The number of aryl methyl sites for hydroxylation is 2. The van der Waals surface area contributed by atoms with Crippen molar-refractivity contribution in [2.75, 3.05) is 6.54 Å². The van der Waals surface area contributed by atoms with E-state index in [2.05, 4.69) is 15.0 Å². The van der Waals surface area contributed by atoms with Crippen molar-refractivity contribution in [3.05, 3.63) is 28.9 Å². The van der Waals surface area contributed by atoms with E-state index in [-0.39, 0.29) is 0 Å². The van der Waals surface area contributed by atoms with E-state index in [0.717, 1.165) is 49.9 Å². The number of imidazole rings is 1. The number of aromatic amines is 1. The summed E-state index contributed by atoms with van der Waals surface area (Å²) in [6.45, 7) is 1.83. The first kappa shape index (κ1) is 15.6. The third-order valence-electron chi connectivity index (χ3n) is 6.19.